The molecule has 4 heterocycles. The summed E-state index contributed by atoms with van der Waals surface area (Å²) in [4.78, 5) is 35.0. The SMILES string of the molecule is Cc1ccc(CNC(=O)CC2CN(Cc3cccnc3)CCN2c2cc(Cl)nc(-n3ccnc3)n2)cc1. The van der Waals surface area contributed by atoms with Crippen LogP contribution >= 0.6 is 11.6 Å². The molecule has 1 amide bonds. The molecular formula is C27H29ClN8O. The van der Waals surface area contributed by atoms with Crippen molar-refractivity contribution in [3.05, 3.63) is 95.4 Å². The van der Waals surface area contributed by atoms with Crippen LogP contribution in [0, 0.1) is 6.92 Å². The first-order valence-electron chi connectivity index (χ1n) is 12.3. The number of carbonyl (C=O) groups is 1. The fourth-order valence-electron chi connectivity index (χ4n) is 4.52. The second-order valence-corrected chi connectivity index (χ2v) is 9.62. The highest BCUT2D eigenvalue weighted by molar-refractivity contribution is 6.29. The Bertz CT molecular complexity index is 1310. The van der Waals surface area contributed by atoms with Gasteiger partial charge in [0.25, 0.3) is 0 Å². The number of aryl methyl sites for hydroxylation is 1. The van der Waals surface area contributed by atoms with Crippen LogP contribution in [-0.2, 0) is 17.9 Å². The second-order valence-electron chi connectivity index (χ2n) is 9.23. The molecule has 4 aromatic rings. The number of carbonyl (C=O) groups excluding carboxylic acids is 1. The summed E-state index contributed by atoms with van der Waals surface area (Å²) in [5, 5.41) is 3.42. The van der Waals surface area contributed by atoms with Crippen molar-refractivity contribution in [1.82, 2.24) is 34.7 Å². The molecule has 190 valence electrons. The van der Waals surface area contributed by atoms with Crippen molar-refractivity contribution >= 4 is 23.3 Å². The third kappa shape index (κ3) is 6.49. The third-order valence-corrected chi connectivity index (χ3v) is 6.62. The van der Waals surface area contributed by atoms with Gasteiger partial charge in [0, 0.05) is 70.0 Å². The molecule has 0 bridgehead atoms. The molecule has 1 unspecified atom stereocenters. The van der Waals surface area contributed by atoms with E-state index < -0.39 is 0 Å². The molecule has 37 heavy (non-hydrogen) atoms. The lowest BCUT2D eigenvalue weighted by molar-refractivity contribution is -0.121. The maximum Gasteiger partial charge on any atom is 0.238 e. The van der Waals surface area contributed by atoms with E-state index >= 15 is 0 Å². The Balaban J connectivity index is 1.34. The number of benzene rings is 1. The predicted molar refractivity (Wildman–Crippen MR) is 142 cm³/mol. The molecule has 3 aromatic heterocycles. The molecule has 1 aliphatic rings. The van der Waals surface area contributed by atoms with Gasteiger partial charge in [-0.3, -0.25) is 19.2 Å². The van der Waals surface area contributed by atoms with Crippen LogP contribution in [0.1, 0.15) is 23.1 Å². The number of halogens is 1. The molecule has 1 fully saturated rings. The van der Waals surface area contributed by atoms with Crippen LogP contribution < -0.4 is 10.2 Å². The lowest BCUT2D eigenvalue weighted by Gasteiger charge is -2.42. The normalized spacial score (nSPS) is 16.1. The van der Waals surface area contributed by atoms with Crippen LogP contribution in [0.15, 0.2) is 73.6 Å². The largest absolute Gasteiger partial charge is 0.352 e. The summed E-state index contributed by atoms with van der Waals surface area (Å²) in [5.41, 5.74) is 3.41. The van der Waals surface area contributed by atoms with Gasteiger partial charge in [0.15, 0.2) is 0 Å². The predicted octanol–water partition coefficient (Wildman–Crippen LogP) is 3.42. The Morgan fingerprint density at radius 1 is 1.08 bits per heavy atom. The van der Waals surface area contributed by atoms with Crippen LogP contribution in [0.3, 0.4) is 0 Å². The van der Waals surface area contributed by atoms with Gasteiger partial charge in [0.1, 0.15) is 17.3 Å². The van der Waals surface area contributed by atoms with E-state index in [1.807, 2.05) is 24.4 Å². The van der Waals surface area contributed by atoms with Gasteiger partial charge in [-0.2, -0.15) is 4.98 Å². The van der Waals surface area contributed by atoms with Crippen molar-refractivity contribution in [3.63, 3.8) is 0 Å². The molecule has 0 aliphatic carbocycles. The van der Waals surface area contributed by atoms with Crippen LogP contribution in [-0.4, -0.2) is 61.0 Å². The molecule has 1 aromatic carbocycles. The number of nitrogens with zero attached hydrogens (tertiary/aromatic N) is 7. The number of piperazine rings is 1. The van der Waals surface area contributed by atoms with E-state index in [4.69, 9.17) is 16.6 Å². The van der Waals surface area contributed by atoms with E-state index in [2.05, 4.69) is 55.2 Å². The topological polar surface area (TPSA) is 92.1 Å². The van der Waals surface area contributed by atoms with Gasteiger partial charge in [0.2, 0.25) is 11.9 Å². The molecule has 0 spiro atoms. The number of nitrogens with one attached hydrogen (secondary N) is 1. The van der Waals surface area contributed by atoms with Crippen molar-refractivity contribution < 1.29 is 4.79 Å². The fraction of sp³-hybridized carbons (Fsp3) is 0.296. The van der Waals surface area contributed by atoms with Crippen molar-refractivity contribution in [1.29, 1.82) is 0 Å². The van der Waals surface area contributed by atoms with E-state index in [-0.39, 0.29) is 11.9 Å². The van der Waals surface area contributed by atoms with Crippen molar-refractivity contribution in [3.8, 4) is 5.95 Å². The van der Waals surface area contributed by atoms with Crippen molar-refractivity contribution in [2.75, 3.05) is 24.5 Å². The lowest BCUT2D eigenvalue weighted by Crippen LogP contribution is -2.54. The first-order valence-corrected chi connectivity index (χ1v) is 12.6. The summed E-state index contributed by atoms with van der Waals surface area (Å²) in [7, 11) is 0. The monoisotopic (exact) mass is 516 g/mol. The fourth-order valence-corrected chi connectivity index (χ4v) is 4.69. The van der Waals surface area contributed by atoms with Gasteiger partial charge < -0.3 is 10.2 Å². The number of hydrogen-bond acceptors (Lipinski definition) is 7. The molecule has 9 nitrogen and oxygen atoms in total. The molecular weight excluding hydrogens is 488 g/mol. The summed E-state index contributed by atoms with van der Waals surface area (Å²) >= 11 is 6.40. The van der Waals surface area contributed by atoms with Crippen LogP contribution in [0.25, 0.3) is 5.95 Å². The Labute approximate surface area is 221 Å². The van der Waals surface area contributed by atoms with Gasteiger partial charge in [-0.05, 0) is 24.1 Å². The maximum atomic E-state index is 13.1. The number of rotatable bonds is 8. The maximum absolute atomic E-state index is 13.1. The minimum Gasteiger partial charge on any atom is -0.352 e. The van der Waals surface area contributed by atoms with Gasteiger partial charge in [0.05, 0.1) is 6.04 Å². The summed E-state index contributed by atoms with van der Waals surface area (Å²) in [5.74, 6) is 1.13. The van der Waals surface area contributed by atoms with Crippen molar-refractivity contribution in [2.45, 2.75) is 32.5 Å². The summed E-state index contributed by atoms with van der Waals surface area (Å²) in [6.45, 7) is 5.54. The van der Waals surface area contributed by atoms with Gasteiger partial charge in [-0.1, -0.05) is 47.5 Å². The highest BCUT2D eigenvalue weighted by Crippen LogP contribution is 2.25. The van der Waals surface area contributed by atoms with E-state index in [0.29, 0.717) is 43.0 Å². The van der Waals surface area contributed by atoms with Crippen LogP contribution in [0.2, 0.25) is 5.15 Å². The number of imidazole rings is 1. The highest BCUT2D eigenvalue weighted by Gasteiger charge is 2.30. The molecule has 10 heteroatoms. The van der Waals surface area contributed by atoms with E-state index in [1.165, 1.54) is 5.56 Å². The summed E-state index contributed by atoms with van der Waals surface area (Å²) < 4.78 is 1.72. The molecule has 5 rings (SSSR count). The first-order chi connectivity index (χ1) is 18.0. The number of aromatic nitrogens is 5. The average molecular weight is 517 g/mol. The Morgan fingerprint density at radius 3 is 2.70 bits per heavy atom. The number of hydrogen-bond donors (Lipinski definition) is 1. The Hall–Kier alpha value is -3.82. The molecule has 1 atom stereocenters. The highest BCUT2D eigenvalue weighted by atomic mass is 35.5. The minimum atomic E-state index is -0.0926. The average Bonchev–Trinajstić information content (AvgIpc) is 3.44. The number of pyridine rings is 1. The van der Waals surface area contributed by atoms with Gasteiger partial charge in [-0.25, -0.2) is 9.97 Å². The lowest BCUT2D eigenvalue weighted by atomic mass is 10.1. The van der Waals surface area contributed by atoms with Crippen LogP contribution in [0.4, 0.5) is 5.82 Å². The van der Waals surface area contributed by atoms with E-state index in [0.717, 1.165) is 24.2 Å². The molecule has 1 aliphatic heterocycles. The second kappa shape index (κ2) is 11.5. The minimum absolute atomic E-state index is 0.00575. The van der Waals surface area contributed by atoms with Gasteiger partial charge >= 0.3 is 0 Å². The standard InChI is InChI=1S/C27H29ClN8O/c1-20-4-6-21(7-5-20)16-31-26(37)13-23-18-34(17-22-3-2-8-29-15-22)11-12-36(23)25-14-24(28)32-27(33-25)35-10-9-30-19-35/h2-10,14-15,19,23H,11-13,16-18H2,1H3,(H,31,37). The Morgan fingerprint density at radius 2 is 1.95 bits per heavy atom. The first kappa shape index (κ1) is 24.9. The number of amides is 1. The number of anilines is 1. The summed E-state index contributed by atoms with van der Waals surface area (Å²) in [6.07, 6.45) is 9.07. The zero-order valence-electron chi connectivity index (χ0n) is 20.7. The third-order valence-electron chi connectivity index (χ3n) is 6.43. The van der Waals surface area contributed by atoms with Gasteiger partial charge in [-0.15, -0.1) is 0 Å². The summed E-state index contributed by atoms with van der Waals surface area (Å²) in [6, 6.07) is 13.9. The smallest absolute Gasteiger partial charge is 0.238 e. The zero-order chi connectivity index (χ0) is 25.6. The van der Waals surface area contributed by atoms with E-state index in [1.54, 1.807) is 35.6 Å². The molecule has 0 radical (unpaired) electrons. The Kier molecular flexibility index (Phi) is 7.72. The molecule has 1 N–H and O–H groups in total. The molecule has 1 saturated heterocycles. The molecule has 0 saturated carbocycles. The van der Waals surface area contributed by atoms with E-state index in [9.17, 15) is 4.79 Å². The van der Waals surface area contributed by atoms with Crippen LogP contribution in [0.5, 0.6) is 0 Å². The zero-order valence-corrected chi connectivity index (χ0v) is 21.4. The quantitative estimate of drug-likeness (QED) is 0.359. The van der Waals surface area contributed by atoms with Crippen molar-refractivity contribution in [2.24, 2.45) is 0 Å².